The third-order valence-electron chi connectivity index (χ3n) is 6.77. The van der Waals surface area contributed by atoms with Gasteiger partial charge < -0.3 is 8.85 Å². The largest absolute Gasteiger partial charge is 0.431 e. The fourth-order valence-electron chi connectivity index (χ4n) is 5.89. The van der Waals surface area contributed by atoms with Gasteiger partial charge in [-0.2, -0.15) is 0 Å². The molecule has 3 nitrogen and oxygen atoms in total. The second-order valence-corrected chi connectivity index (χ2v) is 11.3. The van der Waals surface area contributed by atoms with Crippen molar-refractivity contribution in [2.24, 2.45) is 11.8 Å². The lowest BCUT2D eigenvalue weighted by Crippen LogP contribution is -2.64. The standard InChI is InChI=1S/C19H37NO2Si/c1-5-21-23(22-6-2,20-15(3)11-12-16(20)4)19-13-17-9-7-8-10-18(17)14-19/h15-19H,5-14H2,1-4H3. The lowest BCUT2D eigenvalue weighted by Gasteiger charge is -2.45. The maximum Gasteiger partial charge on any atom is 0.431 e. The Kier molecular flexibility index (Phi) is 5.88. The third kappa shape index (κ3) is 3.29. The molecule has 4 atom stereocenters. The van der Waals surface area contributed by atoms with Gasteiger partial charge in [0.2, 0.25) is 0 Å². The average molecular weight is 340 g/mol. The van der Waals surface area contributed by atoms with E-state index in [-0.39, 0.29) is 0 Å². The molecule has 3 rings (SSSR count). The Morgan fingerprint density at radius 3 is 1.74 bits per heavy atom. The van der Waals surface area contributed by atoms with Gasteiger partial charge in [-0.15, -0.1) is 0 Å². The number of hydrogen-bond acceptors (Lipinski definition) is 3. The lowest BCUT2D eigenvalue weighted by molar-refractivity contribution is 0.0929. The SMILES string of the molecule is CCO[Si](OCC)(C1CC2CCCCC2C1)N1C(C)CCC1C. The molecule has 3 fully saturated rings. The van der Waals surface area contributed by atoms with Crippen LogP contribution < -0.4 is 0 Å². The first kappa shape index (κ1) is 17.9. The fourth-order valence-corrected chi connectivity index (χ4v) is 10.7. The van der Waals surface area contributed by atoms with Gasteiger partial charge in [-0.25, -0.2) is 0 Å². The first-order valence-electron chi connectivity index (χ1n) is 10.2. The molecule has 0 aromatic heterocycles. The maximum absolute atomic E-state index is 6.63. The minimum Gasteiger partial charge on any atom is -0.383 e. The summed E-state index contributed by atoms with van der Waals surface area (Å²) in [6.07, 6.45) is 11.1. The molecule has 1 heterocycles. The Balaban J connectivity index is 1.88. The molecule has 0 N–H and O–H groups in total. The predicted molar refractivity (Wildman–Crippen MR) is 97.4 cm³/mol. The summed E-state index contributed by atoms with van der Waals surface area (Å²) >= 11 is 0. The van der Waals surface area contributed by atoms with E-state index < -0.39 is 8.72 Å². The summed E-state index contributed by atoms with van der Waals surface area (Å²) in [6, 6.07) is 1.25. The average Bonchev–Trinajstić information content (AvgIpc) is 3.11. The highest BCUT2D eigenvalue weighted by atomic mass is 28.4. The Morgan fingerprint density at radius 1 is 0.826 bits per heavy atom. The summed E-state index contributed by atoms with van der Waals surface area (Å²) in [5.41, 5.74) is 0.679. The van der Waals surface area contributed by atoms with E-state index in [1.165, 1.54) is 51.4 Å². The summed E-state index contributed by atoms with van der Waals surface area (Å²) < 4.78 is 16.0. The number of fused-ring (bicyclic) bond motifs is 1. The first-order chi connectivity index (χ1) is 11.1. The second-order valence-electron chi connectivity index (χ2n) is 8.15. The summed E-state index contributed by atoms with van der Waals surface area (Å²) in [7, 11) is -2.31. The van der Waals surface area contributed by atoms with E-state index in [0.29, 0.717) is 17.6 Å². The summed E-state index contributed by atoms with van der Waals surface area (Å²) in [5, 5.41) is 0. The van der Waals surface area contributed by atoms with Gasteiger partial charge in [0.05, 0.1) is 0 Å². The van der Waals surface area contributed by atoms with Crippen molar-refractivity contribution in [3.8, 4) is 0 Å². The van der Waals surface area contributed by atoms with Crippen LogP contribution in [0.25, 0.3) is 0 Å². The quantitative estimate of drug-likeness (QED) is 0.646. The van der Waals surface area contributed by atoms with Crippen molar-refractivity contribution in [1.82, 2.24) is 4.57 Å². The van der Waals surface area contributed by atoms with E-state index in [9.17, 15) is 0 Å². The van der Waals surface area contributed by atoms with Crippen LogP contribution in [-0.2, 0) is 8.85 Å². The van der Waals surface area contributed by atoms with Gasteiger partial charge >= 0.3 is 8.72 Å². The Bertz CT molecular complexity index is 362. The van der Waals surface area contributed by atoms with Gasteiger partial charge in [-0.1, -0.05) is 25.7 Å². The topological polar surface area (TPSA) is 21.7 Å². The van der Waals surface area contributed by atoms with E-state index in [4.69, 9.17) is 8.85 Å². The highest BCUT2D eigenvalue weighted by Gasteiger charge is 2.59. The van der Waals surface area contributed by atoms with Crippen LogP contribution in [0.2, 0.25) is 5.54 Å². The van der Waals surface area contributed by atoms with Gasteiger partial charge in [0.15, 0.2) is 0 Å². The molecule has 0 bridgehead atoms. The summed E-state index contributed by atoms with van der Waals surface area (Å²) in [6.45, 7) is 10.7. The summed E-state index contributed by atoms with van der Waals surface area (Å²) in [5.74, 6) is 1.91. The molecule has 0 aromatic rings. The summed E-state index contributed by atoms with van der Waals surface area (Å²) in [4.78, 5) is 0. The molecule has 4 heteroatoms. The van der Waals surface area contributed by atoms with Gasteiger partial charge in [0.1, 0.15) is 0 Å². The zero-order valence-electron chi connectivity index (χ0n) is 15.7. The van der Waals surface area contributed by atoms with Crippen molar-refractivity contribution in [1.29, 1.82) is 0 Å². The van der Waals surface area contributed by atoms with Gasteiger partial charge in [-0.05, 0) is 65.2 Å². The number of rotatable bonds is 6. The van der Waals surface area contributed by atoms with Crippen LogP contribution in [0, 0.1) is 11.8 Å². The fraction of sp³-hybridized carbons (Fsp3) is 1.00. The maximum atomic E-state index is 6.63. The smallest absolute Gasteiger partial charge is 0.383 e. The van der Waals surface area contributed by atoms with Crippen LogP contribution in [0.4, 0.5) is 0 Å². The molecule has 1 aliphatic heterocycles. The van der Waals surface area contributed by atoms with Crippen LogP contribution >= 0.6 is 0 Å². The Hall–Kier alpha value is 0.0969. The molecule has 0 radical (unpaired) electrons. The molecule has 3 aliphatic rings. The van der Waals surface area contributed by atoms with Crippen molar-refractivity contribution in [2.75, 3.05) is 13.2 Å². The molecule has 0 spiro atoms. The zero-order valence-corrected chi connectivity index (χ0v) is 16.7. The van der Waals surface area contributed by atoms with Gasteiger partial charge in [-0.3, -0.25) is 4.57 Å². The minimum atomic E-state index is -2.31. The Morgan fingerprint density at radius 2 is 1.30 bits per heavy atom. The molecule has 23 heavy (non-hydrogen) atoms. The van der Waals surface area contributed by atoms with Crippen LogP contribution in [0.15, 0.2) is 0 Å². The van der Waals surface area contributed by atoms with E-state index in [1.54, 1.807) is 0 Å². The van der Waals surface area contributed by atoms with E-state index in [1.807, 2.05) is 0 Å². The molecule has 2 saturated carbocycles. The van der Waals surface area contributed by atoms with Gasteiger partial charge in [0, 0.05) is 30.8 Å². The van der Waals surface area contributed by atoms with E-state index in [2.05, 4.69) is 32.3 Å². The molecule has 1 saturated heterocycles. The van der Waals surface area contributed by atoms with Crippen molar-refractivity contribution < 1.29 is 8.85 Å². The Labute approximate surface area is 144 Å². The van der Waals surface area contributed by atoms with Crippen molar-refractivity contribution in [3.63, 3.8) is 0 Å². The molecule has 2 aliphatic carbocycles. The van der Waals surface area contributed by atoms with Crippen LogP contribution in [-0.4, -0.2) is 38.6 Å². The molecule has 4 unspecified atom stereocenters. The van der Waals surface area contributed by atoms with E-state index in [0.717, 1.165) is 25.0 Å². The normalized spacial score (nSPS) is 38.9. The lowest BCUT2D eigenvalue weighted by atomic mass is 9.82. The van der Waals surface area contributed by atoms with Crippen LogP contribution in [0.5, 0.6) is 0 Å². The molecule has 134 valence electrons. The molecule has 0 aromatic carbocycles. The van der Waals surface area contributed by atoms with Crippen molar-refractivity contribution >= 4 is 8.72 Å². The molecule has 0 amide bonds. The van der Waals surface area contributed by atoms with E-state index >= 15 is 0 Å². The van der Waals surface area contributed by atoms with Crippen molar-refractivity contribution in [3.05, 3.63) is 0 Å². The monoisotopic (exact) mass is 339 g/mol. The molecular weight excluding hydrogens is 302 g/mol. The van der Waals surface area contributed by atoms with Crippen LogP contribution in [0.1, 0.15) is 79.1 Å². The van der Waals surface area contributed by atoms with Crippen LogP contribution in [0.3, 0.4) is 0 Å². The highest BCUT2D eigenvalue weighted by molar-refractivity contribution is 6.66. The highest BCUT2D eigenvalue weighted by Crippen LogP contribution is 2.53. The van der Waals surface area contributed by atoms with Gasteiger partial charge in [0.25, 0.3) is 0 Å². The third-order valence-corrected chi connectivity index (χ3v) is 11.3. The second kappa shape index (κ2) is 7.55. The molecular formula is C19H37NO2Si. The van der Waals surface area contributed by atoms with Crippen molar-refractivity contribution in [2.45, 2.75) is 96.7 Å². The number of nitrogens with zero attached hydrogens (tertiary/aromatic N) is 1. The first-order valence-corrected chi connectivity index (χ1v) is 12.0. The zero-order chi connectivity index (χ0) is 16.4. The number of hydrogen-bond donors (Lipinski definition) is 0. The minimum absolute atomic E-state index is 0.623. The predicted octanol–water partition coefficient (Wildman–Crippen LogP) is 4.84.